The molecule has 6 nitrogen and oxygen atoms in total. The Morgan fingerprint density at radius 3 is 2.65 bits per heavy atom. The maximum absolute atomic E-state index is 12.1. The van der Waals surface area contributed by atoms with Crippen molar-refractivity contribution in [1.82, 2.24) is 15.3 Å². The summed E-state index contributed by atoms with van der Waals surface area (Å²) in [7, 11) is 0. The third kappa shape index (κ3) is 3.21. The van der Waals surface area contributed by atoms with Crippen LogP contribution in [0.2, 0.25) is 0 Å². The predicted molar refractivity (Wildman–Crippen MR) is 98.7 cm³/mol. The molecule has 0 bridgehead atoms. The van der Waals surface area contributed by atoms with E-state index in [4.69, 9.17) is 10.5 Å². The van der Waals surface area contributed by atoms with Gasteiger partial charge < -0.3 is 15.8 Å². The number of fused-ring (bicyclic) bond motifs is 1. The molecule has 2 heterocycles. The molecule has 130 valence electrons. The number of nitrogens with two attached hydrogens (primary N) is 1. The molecule has 6 heteroatoms. The zero-order chi connectivity index (χ0) is 17.9. The lowest BCUT2D eigenvalue weighted by Crippen LogP contribution is -2.25. The van der Waals surface area contributed by atoms with Gasteiger partial charge in [-0.05, 0) is 34.4 Å². The Morgan fingerprint density at radius 2 is 1.85 bits per heavy atom. The summed E-state index contributed by atoms with van der Waals surface area (Å²) >= 11 is 0. The predicted octanol–water partition coefficient (Wildman–Crippen LogP) is 2.59. The van der Waals surface area contributed by atoms with Crippen LogP contribution in [0.1, 0.15) is 21.6 Å². The summed E-state index contributed by atoms with van der Waals surface area (Å²) in [5.41, 5.74) is 10.4. The van der Waals surface area contributed by atoms with E-state index in [1.54, 1.807) is 0 Å². The number of hydrogen-bond donors (Lipinski definition) is 2. The Labute approximate surface area is 151 Å². The number of nitrogens with one attached hydrogen (secondary N) is 1. The Balaban J connectivity index is 1.43. The normalized spacial score (nSPS) is 12.3. The molecule has 2 aromatic carbocycles. The average Bonchev–Trinajstić information content (AvgIpc) is 3.15. The fraction of sp³-hybridized carbons (Fsp3) is 0.150. The van der Waals surface area contributed by atoms with E-state index in [0.29, 0.717) is 6.54 Å². The van der Waals surface area contributed by atoms with Crippen LogP contribution < -0.4 is 15.8 Å². The second-order valence-electron chi connectivity index (χ2n) is 6.09. The van der Waals surface area contributed by atoms with Gasteiger partial charge in [0, 0.05) is 25.4 Å². The van der Waals surface area contributed by atoms with E-state index < -0.39 is 0 Å². The highest BCUT2D eigenvalue weighted by Crippen LogP contribution is 2.30. The zero-order valence-corrected chi connectivity index (χ0v) is 14.1. The highest BCUT2D eigenvalue weighted by molar-refractivity contribution is 5.96. The van der Waals surface area contributed by atoms with Crippen LogP contribution in [0.5, 0.6) is 5.75 Å². The molecule has 0 saturated heterocycles. The molecule has 0 spiro atoms. The van der Waals surface area contributed by atoms with Crippen molar-refractivity contribution in [2.45, 2.75) is 13.0 Å². The van der Waals surface area contributed by atoms with Crippen LogP contribution >= 0.6 is 0 Å². The highest BCUT2D eigenvalue weighted by atomic mass is 16.5. The first-order valence-corrected chi connectivity index (χ1v) is 8.40. The number of ether oxygens (including phenoxy) is 1. The first-order valence-electron chi connectivity index (χ1n) is 8.40. The summed E-state index contributed by atoms with van der Waals surface area (Å²) in [6.45, 7) is 1.15. The van der Waals surface area contributed by atoms with E-state index in [2.05, 4.69) is 39.6 Å². The number of nitrogens with zero attached hydrogens (tertiary/aromatic N) is 2. The van der Waals surface area contributed by atoms with Crippen molar-refractivity contribution in [2.24, 2.45) is 0 Å². The van der Waals surface area contributed by atoms with Gasteiger partial charge in [-0.25, -0.2) is 9.97 Å². The van der Waals surface area contributed by atoms with Crippen molar-refractivity contribution in [1.29, 1.82) is 0 Å². The summed E-state index contributed by atoms with van der Waals surface area (Å²) in [5.74, 6) is 0.774. The van der Waals surface area contributed by atoms with Gasteiger partial charge in [-0.2, -0.15) is 0 Å². The van der Waals surface area contributed by atoms with Crippen molar-refractivity contribution in [3.05, 3.63) is 71.7 Å². The van der Waals surface area contributed by atoms with E-state index in [1.807, 2.05) is 18.2 Å². The lowest BCUT2D eigenvalue weighted by Gasteiger charge is -2.08. The standard InChI is InChI=1S/C20H18N4O2/c21-19-18(22-8-9-23-19)20(25)24-12-13-1-3-14(4-2-13)15-5-6-17-16(11-15)7-10-26-17/h1-6,8-9,11H,7,10,12H2,(H2,21,23)(H,24,25). The fourth-order valence-electron chi connectivity index (χ4n) is 2.97. The van der Waals surface area contributed by atoms with Gasteiger partial charge in [0.25, 0.3) is 5.91 Å². The topological polar surface area (TPSA) is 90.1 Å². The van der Waals surface area contributed by atoms with E-state index in [9.17, 15) is 4.79 Å². The number of amides is 1. The van der Waals surface area contributed by atoms with Crippen LogP contribution in [-0.2, 0) is 13.0 Å². The van der Waals surface area contributed by atoms with Crippen molar-refractivity contribution in [3.8, 4) is 16.9 Å². The lowest BCUT2D eigenvalue weighted by atomic mass is 10.0. The Hall–Kier alpha value is -3.41. The van der Waals surface area contributed by atoms with Gasteiger partial charge in [0.1, 0.15) is 5.75 Å². The fourth-order valence-corrected chi connectivity index (χ4v) is 2.97. The molecule has 0 aliphatic carbocycles. The molecule has 1 aliphatic rings. The van der Waals surface area contributed by atoms with Crippen LogP contribution in [-0.4, -0.2) is 22.5 Å². The minimum absolute atomic E-state index is 0.126. The quantitative estimate of drug-likeness (QED) is 0.758. The molecule has 1 aromatic heterocycles. The SMILES string of the molecule is Nc1nccnc1C(=O)NCc1ccc(-c2ccc3c(c2)CCO3)cc1. The second-order valence-corrected chi connectivity index (χ2v) is 6.09. The molecule has 4 rings (SSSR count). The summed E-state index contributed by atoms with van der Waals surface area (Å²) in [5, 5.41) is 2.81. The largest absolute Gasteiger partial charge is 0.493 e. The molecular weight excluding hydrogens is 328 g/mol. The summed E-state index contributed by atoms with van der Waals surface area (Å²) in [4.78, 5) is 20.0. The number of carbonyl (C=O) groups is 1. The summed E-state index contributed by atoms with van der Waals surface area (Å²) < 4.78 is 5.55. The van der Waals surface area contributed by atoms with Gasteiger partial charge in [-0.15, -0.1) is 0 Å². The molecule has 1 aliphatic heterocycles. The number of carbonyl (C=O) groups excluding carboxylic acids is 1. The molecule has 0 saturated carbocycles. The second kappa shape index (κ2) is 6.84. The average molecular weight is 346 g/mol. The number of rotatable bonds is 4. The van der Waals surface area contributed by atoms with Crippen molar-refractivity contribution in [3.63, 3.8) is 0 Å². The minimum Gasteiger partial charge on any atom is -0.493 e. The molecule has 0 fully saturated rings. The Morgan fingerprint density at radius 1 is 1.08 bits per heavy atom. The summed E-state index contributed by atoms with van der Waals surface area (Å²) in [6, 6.07) is 14.4. The van der Waals surface area contributed by atoms with Crippen LogP contribution in [0.15, 0.2) is 54.9 Å². The van der Waals surface area contributed by atoms with Crippen LogP contribution in [0.3, 0.4) is 0 Å². The number of nitrogen functional groups attached to an aromatic ring is 1. The van der Waals surface area contributed by atoms with Crippen LogP contribution in [0.25, 0.3) is 11.1 Å². The third-order valence-electron chi connectivity index (χ3n) is 4.37. The van der Waals surface area contributed by atoms with Gasteiger partial charge in [0.15, 0.2) is 11.5 Å². The first kappa shape index (κ1) is 16.1. The van der Waals surface area contributed by atoms with E-state index in [-0.39, 0.29) is 17.4 Å². The molecule has 3 N–H and O–H groups in total. The maximum Gasteiger partial charge on any atom is 0.273 e. The highest BCUT2D eigenvalue weighted by Gasteiger charge is 2.13. The molecule has 3 aromatic rings. The van der Waals surface area contributed by atoms with Gasteiger partial charge in [-0.1, -0.05) is 30.3 Å². The molecule has 1 amide bonds. The Kier molecular flexibility index (Phi) is 4.23. The zero-order valence-electron chi connectivity index (χ0n) is 14.1. The monoisotopic (exact) mass is 346 g/mol. The molecule has 26 heavy (non-hydrogen) atoms. The van der Waals surface area contributed by atoms with E-state index in [1.165, 1.54) is 18.0 Å². The maximum atomic E-state index is 12.1. The first-order chi connectivity index (χ1) is 12.7. The van der Waals surface area contributed by atoms with Gasteiger partial charge in [0.2, 0.25) is 0 Å². The van der Waals surface area contributed by atoms with Gasteiger partial charge >= 0.3 is 0 Å². The smallest absolute Gasteiger partial charge is 0.273 e. The lowest BCUT2D eigenvalue weighted by molar-refractivity contribution is 0.0946. The van der Waals surface area contributed by atoms with Gasteiger partial charge in [-0.3, -0.25) is 4.79 Å². The van der Waals surface area contributed by atoms with E-state index >= 15 is 0 Å². The van der Waals surface area contributed by atoms with Crippen LogP contribution in [0, 0.1) is 0 Å². The number of aromatic nitrogens is 2. The molecular formula is C20H18N4O2. The number of benzene rings is 2. The number of hydrogen-bond acceptors (Lipinski definition) is 5. The van der Waals surface area contributed by atoms with Crippen molar-refractivity contribution < 1.29 is 9.53 Å². The minimum atomic E-state index is -0.335. The van der Waals surface area contributed by atoms with Crippen molar-refractivity contribution >= 4 is 11.7 Å². The van der Waals surface area contributed by atoms with Crippen molar-refractivity contribution in [2.75, 3.05) is 12.3 Å². The van der Waals surface area contributed by atoms with Crippen LogP contribution in [0.4, 0.5) is 5.82 Å². The van der Waals surface area contributed by atoms with Gasteiger partial charge in [0.05, 0.1) is 6.61 Å². The molecule has 0 radical (unpaired) electrons. The Bertz CT molecular complexity index is 954. The molecule has 0 unspecified atom stereocenters. The van der Waals surface area contributed by atoms with E-state index in [0.717, 1.165) is 35.5 Å². The molecule has 0 atom stereocenters. The number of anilines is 1. The summed E-state index contributed by atoms with van der Waals surface area (Å²) in [6.07, 6.45) is 3.86. The third-order valence-corrected chi connectivity index (χ3v) is 4.37.